The van der Waals surface area contributed by atoms with E-state index in [4.69, 9.17) is 4.43 Å². The third-order valence-electron chi connectivity index (χ3n) is 3.87. The molecule has 0 unspecified atom stereocenters. The Morgan fingerprint density at radius 1 is 1.12 bits per heavy atom. The normalized spacial score (nSPS) is 26.8. The van der Waals surface area contributed by atoms with Gasteiger partial charge >= 0.3 is 0 Å². The molecule has 0 heterocycles. The average molecular weight is 242 g/mol. The molecule has 0 spiro atoms. The van der Waals surface area contributed by atoms with E-state index >= 15 is 0 Å². The molecule has 2 nitrogen and oxygen atoms in total. The lowest BCUT2D eigenvalue weighted by molar-refractivity contribution is 0.201. The predicted molar refractivity (Wildman–Crippen MR) is 71.1 cm³/mol. The van der Waals surface area contributed by atoms with Crippen molar-refractivity contribution in [2.24, 2.45) is 0 Å². The fourth-order valence-corrected chi connectivity index (χ4v) is 5.23. The molecule has 0 aliphatic heterocycles. The summed E-state index contributed by atoms with van der Waals surface area (Å²) in [7, 11) is -1.48. The molecule has 0 aromatic heterocycles. The maximum absolute atomic E-state index is 9.55. The summed E-state index contributed by atoms with van der Waals surface area (Å²) in [6.07, 6.45) is 7.02. The smallest absolute Gasteiger partial charge is 0.192 e. The maximum atomic E-state index is 9.55. The van der Waals surface area contributed by atoms with E-state index in [-0.39, 0.29) is 12.2 Å². The quantitative estimate of drug-likeness (QED) is 0.591. The van der Waals surface area contributed by atoms with Gasteiger partial charge in [-0.1, -0.05) is 32.9 Å². The van der Waals surface area contributed by atoms with Crippen LogP contribution in [-0.4, -0.2) is 25.6 Å². The highest BCUT2D eigenvalue weighted by Gasteiger charge is 2.31. The van der Waals surface area contributed by atoms with E-state index in [1.165, 1.54) is 18.1 Å². The molecule has 94 valence electrons. The Labute approximate surface area is 101 Å². The predicted octanol–water partition coefficient (Wildman–Crippen LogP) is 3.48. The van der Waals surface area contributed by atoms with Crippen molar-refractivity contribution in [2.45, 2.75) is 70.4 Å². The summed E-state index contributed by atoms with van der Waals surface area (Å²) >= 11 is 0. The van der Waals surface area contributed by atoms with Crippen LogP contribution in [0.15, 0.2) is 12.2 Å². The van der Waals surface area contributed by atoms with Crippen LogP contribution in [0.4, 0.5) is 0 Å². The molecule has 3 heteroatoms. The van der Waals surface area contributed by atoms with E-state index < -0.39 is 8.32 Å². The Morgan fingerprint density at radius 3 is 2.31 bits per heavy atom. The highest BCUT2D eigenvalue weighted by molar-refractivity contribution is 6.73. The Kier molecular flexibility index (Phi) is 5.73. The van der Waals surface area contributed by atoms with E-state index in [1.54, 1.807) is 0 Å². The summed E-state index contributed by atoms with van der Waals surface area (Å²) in [5.41, 5.74) is 0. The lowest BCUT2D eigenvalue weighted by Gasteiger charge is -2.31. The van der Waals surface area contributed by atoms with Gasteiger partial charge < -0.3 is 9.53 Å². The molecule has 1 rings (SSSR count). The van der Waals surface area contributed by atoms with Gasteiger partial charge in [0.2, 0.25) is 0 Å². The number of aliphatic hydroxyl groups excluding tert-OH is 1. The second kappa shape index (κ2) is 6.57. The van der Waals surface area contributed by atoms with E-state index in [9.17, 15) is 5.11 Å². The molecule has 0 aromatic carbocycles. The van der Waals surface area contributed by atoms with Gasteiger partial charge in [-0.05, 0) is 37.4 Å². The van der Waals surface area contributed by atoms with Crippen LogP contribution in [0.1, 0.15) is 40.0 Å². The molecular weight excluding hydrogens is 216 g/mol. The SMILES string of the molecule is CC[Si](CC)(CC)O[C@@H]1C=C[C@@H](O)CCC1. The lowest BCUT2D eigenvalue weighted by Crippen LogP contribution is -2.39. The van der Waals surface area contributed by atoms with Crippen LogP contribution < -0.4 is 0 Å². The number of hydrogen-bond acceptors (Lipinski definition) is 2. The van der Waals surface area contributed by atoms with Gasteiger partial charge in [0.1, 0.15) is 0 Å². The number of hydrogen-bond donors (Lipinski definition) is 1. The van der Waals surface area contributed by atoms with Crippen molar-refractivity contribution in [3.05, 3.63) is 12.2 Å². The molecule has 0 saturated heterocycles. The summed E-state index contributed by atoms with van der Waals surface area (Å²) in [4.78, 5) is 0. The zero-order valence-corrected chi connectivity index (χ0v) is 11.9. The average Bonchev–Trinajstić information content (AvgIpc) is 2.51. The Balaban J connectivity index is 2.60. The largest absolute Gasteiger partial charge is 0.411 e. The van der Waals surface area contributed by atoms with E-state index in [2.05, 4.69) is 26.8 Å². The van der Waals surface area contributed by atoms with Crippen molar-refractivity contribution in [3.8, 4) is 0 Å². The zero-order chi connectivity index (χ0) is 12.0. The summed E-state index contributed by atoms with van der Waals surface area (Å²) in [5, 5.41) is 9.55. The minimum atomic E-state index is -1.48. The summed E-state index contributed by atoms with van der Waals surface area (Å²) in [6, 6.07) is 3.60. The summed E-state index contributed by atoms with van der Waals surface area (Å²) in [6.45, 7) is 6.78. The Morgan fingerprint density at radius 2 is 1.75 bits per heavy atom. The zero-order valence-electron chi connectivity index (χ0n) is 10.9. The van der Waals surface area contributed by atoms with E-state index in [0.29, 0.717) is 0 Å². The maximum Gasteiger partial charge on any atom is 0.192 e. The van der Waals surface area contributed by atoms with Crippen molar-refractivity contribution in [1.82, 2.24) is 0 Å². The van der Waals surface area contributed by atoms with Gasteiger partial charge in [-0.3, -0.25) is 0 Å². The van der Waals surface area contributed by atoms with Gasteiger partial charge in [-0.2, -0.15) is 0 Å². The van der Waals surface area contributed by atoms with Crippen molar-refractivity contribution in [2.75, 3.05) is 0 Å². The van der Waals surface area contributed by atoms with E-state index in [1.807, 2.05) is 6.08 Å². The number of aliphatic hydroxyl groups is 1. The van der Waals surface area contributed by atoms with Crippen LogP contribution >= 0.6 is 0 Å². The Bertz CT molecular complexity index is 216. The monoisotopic (exact) mass is 242 g/mol. The van der Waals surface area contributed by atoms with Crippen LogP contribution in [-0.2, 0) is 4.43 Å². The molecule has 0 saturated carbocycles. The molecule has 1 aliphatic rings. The minimum absolute atomic E-state index is 0.253. The van der Waals surface area contributed by atoms with Crippen molar-refractivity contribution in [3.63, 3.8) is 0 Å². The van der Waals surface area contributed by atoms with Crippen LogP contribution in [0.3, 0.4) is 0 Å². The topological polar surface area (TPSA) is 29.5 Å². The first kappa shape index (κ1) is 13.9. The third kappa shape index (κ3) is 3.72. The first-order valence-electron chi connectivity index (χ1n) is 6.70. The first-order chi connectivity index (χ1) is 7.65. The van der Waals surface area contributed by atoms with Gasteiger partial charge in [0.05, 0.1) is 12.2 Å². The van der Waals surface area contributed by atoms with Crippen molar-refractivity contribution < 1.29 is 9.53 Å². The first-order valence-corrected chi connectivity index (χ1v) is 9.23. The van der Waals surface area contributed by atoms with Crippen molar-refractivity contribution in [1.29, 1.82) is 0 Å². The second-order valence-electron chi connectivity index (χ2n) is 4.78. The van der Waals surface area contributed by atoms with Crippen LogP contribution in [0.2, 0.25) is 18.1 Å². The third-order valence-corrected chi connectivity index (χ3v) is 8.54. The molecule has 16 heavy (non-hydrogen) atoms. The second-order valence-corrected chi connectivity index (χ2v) is 9.51. The standard InChI is InChI=1S/C13H26O2Si/c1-4-16(5-2,6-3)15-13-9-7-8-12(14)10-11-13/h10-14H,4-9H2,1-3H3/t12-,13-/m0/s1. The highest BCUT2D eigenvalue weighted by atomic mass is 28.4. The molecular formula is C13H26O2Si. The molecule has 0 amide bonds. The summed E-state index contributed by atoms with van der Waals surface area (Å²) in [5.74, 6) is 0. The van der Waals surface area contributed by atoms with Gasteiger partial charge in [0.15, 0.2) is 8.32 Å². The molecule has 1 aliphatic carbocycles. The molecule has 0 aromatic rings. The molecule has 2 atom stereocenters. The van der Waals surface area contributed by atoms with Crippen molar-refractivity contribution >= 4 is 8.32 Å². The van der Waals surface area contributed by atoms with Gasteiger partial charge in [0, 0.05) is 0 Å². The summed E-state index contributed by atoms with van der Waals surface area (Å²) < 4.78 is 6.40. The molecule has 0 fully saturated rings. The molecule has 0 radical (unpaired) electrons. The minimum Gasteiger partial charge on any atom is -0.411 e. The molecule has 0 bridgehead atoms. The molecule has 1 N–H and O–H groups in total. The Hall–Kier alpha value is -0.123. The highest BCUT2D eigenvalue weighted by Crippen LogP contribution is 2.26. The lowest BCUT2D eigenvalue weighted by atomic mass is 10.2. The van der Waals surface area contributed by atoms with Gasteiger partial charge in [-0.15, -0.1) is 0 Å². The van der Waals surface area contributed by atoms with Crippen LogP contribution in [0.25, 0.3) is 0 Å². The van der Waals surface area contributed by atoms with Gasteiger partial charge in [0.25, 0.3) is 0 Å². The number of rotatable bonds is 5. The van der Waals surface area contributed by atoms with Crippen LogP contribution in [0, 0.1) is 0 Å². The fraction of sp³-hybridized carbons (Fsp3) is 0.846. The van der Waals surface area contributed by atoms with Gasteiger partial charge in [-0.25, -0.2) is 0 Å². The van der Waals surface area contributed by atoms with E-state index in [0.717, 1.165) is 19.3 Å². The van der Waals surface area contributed by atoms with Crippen LogP contribution in [0.5, 0.6) is 0 Å². The fourth-order valence-electron chi connectivity index (χ4n) is 2.39.